The first-order valence-corrected chi connectivity index (χ1v) is 7.23. The first-order chi connectivity index (χ1) is 8.65. The summed E-state index contributed by atoms with van der Waals surface area (Å²) in [6, 6.07) is 5.35. The third-order valence-corrected chi connectivity index (χ3v) is 4.13. The molecule has 0 spiro atoms. The Labute approximate surface area is 116 Å². The zero-order valence-corrected chi connectivity index (χ0v) is 12.3. The van der Waals surface area contributed by atoms with Crippen LogP contribution in [0.4, 0.5) is 4.39 Å². The average Bonchev–Trinajstić information content (AvgIpc) is 2.76. The van der Waals surface area contributed by atoms with Crippen LogP contribution >= 0.6 is 15.9 Å². The maximum absolute atomic E-state index is 14.2. The highest BCUT2D eigenvalue weighted by Crippen LogP contribution is 2.34. The van der Waals surface area contributed by atoms with Gasteiger partial charge in [0.05, 0.1) is 16.6 Å². The van der Waals surface area contributed by atoms with Gasteiger partial charge in [-0.25, -0.2) is 4.39 Å². The van der Waals surface area contributed by atoms with Gasteiger partial charge in [0.2, 0.25) is 0 Å². The summed E-state index contributed by atoms with van der Waals surface area (Å²) >= 11 is 3.25. The van der Waals surface area contributed by atoms with Gasteiger partial charge in [-0.05, 0) is 40.9 Å². The van der Waals surface area contributed by atoms with Gasteiger partial charge in [-0.15, -0.1) is 0 Å². The second-order valence-corrected chi connectivity index (χ2v) is 5.63. The maximum atomic E-state index is 14.2. The molecule has 1 aliphatic heterocycles. The van der Waals surface area contributed by atoms with E-state index in [-0.39, 0.29) is 18.0 Å². The Balaban J connectivity index is 2.31. The van der Waals surface area contributed by atoms with E-state index in [0.29, 0.717) is 16.0 Å². The van der Waals surface area contributed by atoms with E-state index in [1.54, 1.807) is 6.07 Å². The standard InChI is InChI=1S/C14H19BrFNO/c1-3-17-13(14-9(2)7-8-18-14)10-5-4-6-11(15)12(10)16/h4-6,9,13-14,17H,3,7-8H2,1-2H3. The molecule has 3 unspecified atom stereocenters. The van der Waals surface area contributed by atoms with E-state index < -0.39 is 0 Å². The first kappa shape index (κ1) is 14.0. The van der Waals surface area contributed by atoms with E-state index in [0.717, 1.165) is 19.6 Å². The summed E-state index contributed by atoms with van der Waals surface area (Å²) in [5.74, 6) is 0.263. The van der Waals surface area contributed by atoms with Gasteiger partial charge in [0, 0.05) is 12.2 Å². The van der Waals surface area contributed by atoms with Crippen molar-refractivity contribution in [1.29, 1.82) is 0 Å². The summed E-state index contributed by atoms with van der Waals surface area (Å²) < 4.78 is 20.5. The van der Waals surface area contributed by atoms with E-state index >= 15 is 0 Å². The molecule has 1 N–H and O–H groups in total. The van der Waals surface area contributed by atoms with Crippen LogP contribution in [0.25, 0.3) is 0 Å². The summed E-state index contributed by atoms with van der Waals surface area (Å²) in [6.07, 6.45) is 1.09. The number of halogens is 2. The van der Waals surface area contributed by atoms with Crippen molar-refractivity contribution >= 4 is 15.9 Å². The van der Waals surface area contributed by atoms with E-state index in [1.807, 2.05) is 19.1 Å². The maximum Gasteiger partial charge on any atom is 0.142 e. The molecule has 3 atom stereocenters. The number of ether oxygens (including phenoxy) is 1. The number of rotatable bonds is 4. The molecule has 18 heavy (non-hydrogen) atoms. The zero-order chi connectivity index (χ0) is 13.1. The lowest BCUT2D eigenvalue weighted by Gasteiger charge is -2.27. The molecular formula is C14H19BrFNO. The molecule has 2 nitrogen and oxygen atoms in total. The zero-order valence-electron chi connectivity index (χ0n) is 10.7. The molecule has 4 heteroatoms. The van der Waals surface area contributed by atoms with Crippen LogP contribution in [0.3, 0.4) is 0 Å². The normalized spacial score (nSPS) is 25.3. The minimum Gasteiger partial charge on any atom is -0.376 e. The molecule has 1 aliphatic rings. The van der Waals surface area contributed by atoms with Crippen LogP contribution in [0.5, 0.6) is 0 Å². The fourth-order valence-electron chi connectivity index (χ4n) is 2.53. The number of benzene rings is 1. The van der Waals surface area contributed by atoms with Gasteiger partial charge in [-0.3, -0.25) is 0 Å². The van der Waals surface area contributed by atoms with Crippen molar-refractivity contribution in [3.8, 4) is 0 Å². The SMILES string of the molecule is CCNC(c1cccc(Br)c1F)C1OCCC1C. The molecule has 0 saturated carbocycles. The molecule has 1 aromatic rings. The molecule has 0 aromatic heterocycles. The smallest absolute Gasteiger partial charge is 0.142 e. The highest BCUT2D eigenvalue weighted by molar-refractivity contribution is 9.10. The van der Waals surface area contributed by atoms with E-state index in [1.165, 1.54) is 0 Å². The fraction of sp³-hybridized carbons (Fsp3) is 0.571. The predicted molar refractivity (Wildman–Crippen MR) is 74.0 cm³/mol. The van der Waals surface area contributed by atoms with Crippen LogP contribution in [0, 0.1) is 11.7 Å². The van der Waals surface area contributed by atoms with Crippen LogP contribution in [0.1, 0.15) is 31.9 Å². The second kappa shape index (κ2) is 6.13. The van der Waals surface area contributed by atoms with E-state index in [9.17, 15) is 4.39 Å². The molecule has 1 fully saturated rings. The Kier molecular flexibility index (Phi) is 4.76. The van der Waals surface area contributed by atoms with Gasteiger partial charge in [-0.2, -0.15) is 0 Å². The summed E-state index contributed by atoms with van der Waals surface area (Å²) in [5, 5.41) is 3.35. The average molecular weight is 316 g/mol. The largest absolute Gasteiger partial charge is 0.376 e. The monoisotopic (exact) mass is 315 g/mol. The first-order valence-electron chi connectivity index (χ1n) is 6.44. The highest BCUT2D eigenvalue weighted by Gasteiger charge is 2.34. The molecule has 1 saturated heterocycles. The van der Waals surface area contributed by atoms with Crippen molar-refractivity contribution in [2.75, 3.05) is 13.2 Å². The Bertz CT molecular complexity index is 413. The Hall–Kier alpha value is -0.450. The minimum atomic E-state index is -0.189. The lowest BCUT2D eigenvalue weighted by atomic mass is 9.92. The number of nitrogens with one attached hydrogen (secondary N) is 1. The summed E-state index contributed by atoms with van der Waals surface area (Å²) in [6.45, 7) is 5.76. The Morgan fingerprint density at radius 2 is 2.33 bits per heavy atom. The minimum absolute atomic E-state index is 0.0498. The number of hydrogen-bond donors (Lipinski definition) is 1. The predicted octanol–water partition coefficient (Wildman–Crippen LogP) is 3.66. The van der Waals surface area contributed by atoms with Crippen molar-refractivity contribution in [1.82, 2.24) is 5.32 Å². The van der Waals surface area contributed by atoms with Crippen molar-refractivity contribution in [2.45, 2.75) is 32.4 Å². The molecule has 2 rings (SSSR count). The summed E-state index contributed by atoms with van der Waals surface area (Å²) in [5.41, 5.74) is 0.685. The fourth-order valence-corrected chi connectivity index (χ4v) is 2.91. The third kappa shape index (κ3) is 2.76. The molecule has 1 aromatic carbocycles. The molecule has 0 aliphatic carbocycles. The Morgan fingerprint density at radius 1 is 1.56 bits per heavy atom. The van der Waals surface area contributed by atoms with Gasteiger partial charge in [-0.1, -0.05) is 26.0 Å². The second-order valence-electron chi connectivity index (χ2n) is 4.78. The van der Waals surface area contributed by atoms with Gasteiger partial charge < -0.3 is 10.1 Å². The summed E-state index contributed by atoms with van der Waals surface area (Å²) in [7, 11) is 0. The number of likely N-dealkylation sites (N-methyl/N-ethyl adjacent to an activating group) is 1. The quantitative estimate of drug-likeness (QED) is 0.915. The van der Waals surface area contributed by atoms with Gasteiger partial charge in [0.15, 0.2) is 0 Å². The Morgan fingerprint density at radius 3 is 2.94 bits per heavy atom. The van der Waals surface area contributed by atoms with Crippen molar-refractivity contribution < 1.29 is 9.13 Å². The van der Waals surface area contributed by atoms with Gasteiger partial charge in [0.1, 0.15) is 5.82 Å². The third-order valence-electron chi connectivity index (χ3n) is 3.51. The van der Waals surface area contributed by atoms with Gasteiger partial charge >= 0.3 is 0 Å². The lowest BCUT2D eigenvalue weighted by Crippen LogP contribution is -2.35. The van der Waals surface area contributed by atoms with E-state index in [2.05, 4.69) is 28.2 Å². The van der Waals surface area contributed by atoms with Crippen LogP contribution in [-0.4, -0.2) is 19.3 Å². The van der Waals surface area contributed by atoms with Crippen molar-refractivity contribution in [3.63, 3.8) is 0 Å². The van der Waals surface area contributed by atoms with Gasteiger partial charge in [0.25, 0.3) is 0 Å². The molecule has 0 radical (unpaired) electrons. The molecule has 100 valence electrons. The lowest BCUT2D eigenvalue weighted by molar-refractivity contribution is 0.0601. The molecule has 0 amide bonds. The topological polar surface area (TPSA) is 21.3 Å². The van der Waals surface area contributed by atoms with Crippen LogP contribution in [0.2, 0.25) is 0 Å². The van der Waals surface area contributed by atoms with Crippen LogP contribution < -0.4 is 5.32 Å². The van der Waals surface area contributed by atoms with Crippen molar-refractivity contribution in [2.24, 2.45) is 5.92 Å². The number of hydrogen-bond acceptors (Lipinski definition) is 2. The van der Waals surface area contributed by atoms with Crippen LogP contribution in [-0.2, 0) is 4.74 Å². The van der Waals surface area contributed by atoms with Crippen LogP contribution in [0.15, 0.2) is 22.7 Å². The van der Waals surface area contributed by atoms with E-state index in [4.69, 9.17) is 4.74 Å². The molecule has 0 bridgehead atoms. The summed E-state index contributed by atoms with van der Waals surface area (Å²) in [4.78, 5) is 0. The highest BCUT2D eigenvalue weighted by atomic mass is 79.9. The molecular weight excluding hydrogens is 297 g/mol. The molecule has 1 heterocycles. The van der Waals surface area contributed by atoms with Crippen molar-refractivity contribution in [3.05, 3.63) is 34.1 Å².